The molecule has 0 aliphatic rings. The highest BCUT2D eigenvalue weighted by Crippen LogP contribution is 2.30. The lowest BCUT2D eigenvalue weighted by Crippen LogP contribution is -2.04. The largest absolute Gasteiger partial charge is 0.493 e. The molecule has 0 saturated heterocycles. The Morgan fingerprint density at radius 2 is 1.88 bits per heavy atom. The molecular weight excluding hydrogens is 422 g/mol. The number of halogens is 4. The van der Waals surface area contributed by atoms with Crippen LogP contribution in [0.4, 0.5) is 8.78 Å². The maximum absolute atomic E-state index is 12.3. The summed E-state index contributed by atoms with van der Waals surface area (Å²) in [6.45, 7) is -2.96. The minimum atomic E-state index is -2.96. The molecule has 0 unspecified atom stereocenters. The lowest BCUT2D eigenvalue weighted by atomic mass is 10.2. The molecule has 2 aromatic rings. The number of benzene rings is 2. The first-order valence-corrected chi connectivity index (χ1v) is 8.04. The molecule has 8 heteroatoms. The van der Waals surface area contributed by atoms with Crippen molar-refractivity contribution in [3.05, 3.63) is 57.5 Å². The van der Waals surface area contributed by atoms with Crippen LogP contribution < -0.4 is 14.2 Å². The van der Waals surface area contributed by atoms with Crippen LogP contribution in [0.1, 0.15) is 5.56 Å². The molecule has 0 radical (unpaired) electrons. The average molecular weight is 434 g/mol. The lowest BCUT2D eigenvalue weighted by molar-refractivity contribution is -0.128. The third kappa shape index (κ3) is 5.72. The third-order valence-corrected chi connectivity index (χ3v) is 3.71. The molecule has 0 fully saturated rings. The van der Waals surface area contributed by atoms with Crippen LogP contribution in [-0.4, -0.2) is 19.7 Å². The molecule has 0 bridgehead atoms. The van der Waals surface area contributed by atoms with E-state index in [-0.39, 0.29) is 22.3 Å². The lowest BCUT2D eigenvalue weighted by Gasteiger charge is -2.10. The van der Waals surface area contributed by atoms with E-state index in [1.165, 1.54) is 37.5 Å². The summed E-state index contributed by atoms with van der Waals surface area (Å²) in [5.74, 6) is -0.403. The summed E-state index contributed by atoms with van der Waals surface area (Å²) in [4.78, 5) is 11.9. The summed E-state index contributed by atoms with van der Waals surface area (Å²) in [5, 5.41) is 0.284. The molecule has 0 amide bonds. The Balaban J connectivity index is 2.08. The minimum absolute atomic E-state index is 0.0983. The first-order chi connectivity index (χ1) is 11.9. The van der Waals surface area contributed by atoms with Gasteiger partial charge in [0.1, 0.15) is 5.75 Å². The van der Waals surface area contributed by atoms with Crippen LogP contribution in [0, 0.1) is 0 Å². The maximum atomic E-state index is 12.3. The molecule has 0 aromatic heterocycles. The number of methoxy groups -OCH3 is 1. The number of alkyl halides is 2. The molecular formula is C17H12BrClF2O4. The number of carbonyl (C=O) groups excluding carboxylic acids is 1. The van der Waals surface area contributed by atoms with Gasteiger partial charge >= 0.3 is 12.6 Å². The average Bonchev–Trinajstić information content (AvgIpc) is 2.56. The Morgan fingerprint density at radius 3 is 2.52 bits per heavy atom. The highest BCUT2D eigenvalue weighted by molar-refractivity contribution is 9.10. The van der Waals surface area contributed by atoms with Crippen molar-refractivity contribution in [2.45, 2.75) is 6.61 Å². The van der Waals surface area contributed by atoms with Gasteiger partial charge in [0.25, 0.3) is 0 Å². The highest BCUT2D eigenvalue weighted by Gasteiger charge is 2.11. The van der Waals surface area contributed by atoms with Gasteiger partial charge in [-0.1, -0.05) is 33.6 Å². The van der Waals surface area contributed by atoms with Crippen LogP contribution >= 0.6 is 27.5 Å². The monoisotopic (exact) mass is 432 g/mol. The van der Waals surface area contributed by atoms with Gasteiger partial charge in [-0.25, -0.2) is 4.79 Å². The van der Waals surface area contributed by atoms with Crippen molar-refractivity contribution in [3.8, 4) is 17.2 Å². The van der Waals surface area contributed by atoms with Crippen molar-refractivity contribution in [1.29, 1.82) is 0 Å². The second kappa shape index (κ2) is 8.82. The van der Waals surface area contributed by atoms with E-state index in [1.807, 2.05) is 0 Å². The predicted octanol–water partition coefficient (Wildman–Crippen LogP) is 5.33. The number of hydrogen-bond acceptors (Lipinski definition) is 4. The fourth-order valence-electron chi connectivity index (χ4n) is 1.85. The Kier molecular flexibility index (Phi) is 6.78. The summed E-state index contributed by atoms with van der Waals surface area (Å²) in [6, 6.07) is 9.11. The smallest absolute Gasteiger partial charge is 0.387 e. The Bertz CT molecular complexity index is 796. The van der Waals surface area contributed by atoms with Crippen molar-refractivity contribution in [2.24, 2.45) is 0 Å². The zero-order valence-corrected chi connectivity index (χ0v) is 15.2. The van der Waals surface area contributed by atoms with E-state index in [0.29, 0.717) is 5.56 Å². The maximum Gasteiger partial charge on any atom is 0.387 e. The first-order valence-electron chi connectivity index (χ1n) is 6.87. The minimum Gasteiger partial charge on any atom is -0.493 e. The molecule has 0 aliphatic carbocycles. The highest BCUT2D eigenvalue weighted by atomic mass is 79.9. The first kappa shape index (κ1) is 19.2. The van der Waals surface area contributed by atoms with E-state index < -0.39 is 12.6 Å². The van der Waals surface area contributed by atoms with Gasteiger partial charge in [0.2, 0.25) is 0 Å². The van der Waals surface area contributed by atoms with Crippen molar-refractivity contribution >= 4 is 39.6 Å². The number of esters is 1. The summed E-state index contributed by atoms with van der Waals surface area (Å²) >= 11 is 9.22. The third-order valence-electron chi connectivity index (χ3n) is 2.92. The second-order valence-electron chi connectivity index (χ2n) is 4.62. The molecule has 0 aliphatic heterocycles. The summed E-state index contributed by atoms with van der Waals surface area (Å²) in [5.41, 5.74) is 0.539. The van der Waals surface area contributed by atoms with Gasteiger partial charge in [0.15, 0.2) is 11.5 Å². The zero-order chi connectivity index (χ0) is 18.4. The Hall–Kier alpha value is -2.12. The molecule has 0 spiro atoms. The van der Waals surface area contributed by atoms with E-state index in [2.05, 4.69) is 20.7 Å². The predicted molar refractivity (Wildman–Crippen MR) is 93.4 cm³/mol. The topological polar surface area (TPSA) is 44.8 Å². The van der Waals surface area contributed by atoms with Gasteiger partial charge in [-0.05, 0) is 42.0 Å². The molecule has 0 saturated carbocycles. The van der Waals surface area contributed by atoms with Crippen molar-refractivity contribution < 1.29 is 27.8 Å². The van der Waals surface area contributed by atoms with Crippen LogP contribution in [0.2, 0.25) is 5.02 Å². The van der Waals surface area contributed by atoms with E-state index in [0.717, 1.165) is 4.47 Å². The molecule has 0 N–H and O–H groups in total. The fourth-order valence-corrected chi connectivity index (χ4v) is 2.56. The molecule has 0 heterocycles. The van der Waals surface area contributed by atoms with Crippen LogP contribution in [0.3, 0.4) is 0 Å². The van der Waals surface area contributed by atoms with Gasteiger partial charge in [-0.15, -0.1) is 0 Å². The number of hydrogen-bond donors (Lipinski definition) is 0. The van der Waals surface area contributed by atoms with Gasteiger partial charge < -0.3 is 14.2 Å². The normalized spacial score (nSPS) is 11.0. The molecule has 0 atom stereocenters. The van der Waals surface area contributed by atoms with E-state index >= 15 is 0 Å². The molecule has 4 nitrogen and oxygen atoms in total. The summed E-state index contributed by atoms with van der Waals surface area (Å²) in [7, 11) is 1.32. The molecule has 132 valence electrons. The summed E-state index contributed by atoms with van der Waals surface area (Å²) in [6.07, 6.45) is 2.63. The number of ether oxygens (including phenoxy) is 3. The Morgan fingerprint density at radius 1 is 1.16 bits per heavy atom. The van der Waals surface area contributed by atoms with Gasteiger partial charge in [-0.2, -0.15) is 8.78 Å². The number of carbonyl (C=O) groups is 1. The van der Waals surface area contributed by atoms with Gasteiger partial charge in [-0.3, -0.25) is 0 Å². The van der Waals surface area contributed by atoms with Crippen molar-refractivity contribution in [1.82, 2.24) is 0 Å². The van der Waals surface area contributed by atoms with Crippen LogP contribution in [0.25, 0.3) is 6.08 Å². The standard InChI is InChI=1S/C17H12BrClF2O4/c1-23-15-8-10(2-5-14(15)25-17(20)21)3-7-16(22)24-13-6-4-11(18)9-12(13)19/h2-9,17H,1H3. The van der Waals surface area contributed by atoms with Crippen LogP contribution in [-0.2, 0) is 4.79 Å². The fraction of sp³-hybridized carbons (Fsp3) is 0.118. The second-order valence-corrected chi connectivity index (χ2v) is 5.94. The SMILES string of the molecule is COc1cc(C=CC(=O)Oc2ccc(Br)cc2Cl)ccc1OC(F)F. The van der Waals surface area contributed by atoms with Crippen molar-refractivity contribution in [3.63, 3.8) is 0 Å². The van der Waals surface area contributed by atoms with E-state index in [9.17, 15) is 13.6 Å². The van der Waals surface area contributed by atoms with Crippen LogP contribution in [0.5, 0.6) is 17.2 Å². The molecule has 2 rings (SSSR count). The number of rotatable bonds is 6. The molecule has 2 aromatic carbocycles. The van der Waals surface area contributed by atoms with E-state index in [4.69, 9.17) is 21.1 Å². The van der Waals surface area contributed by atoms with Crippen molar-refractivity contribution in [2.75, 3.05) is 7.11 Å². The quantitative estimate of drug-likeness (QED) is 0.351. The summed E-state index contributed by atoms with van der Waals surface area (Å²) < 4.78 is 39.8. The van der Waals surface area contributed by atoms with E-state index in [1.54, 1.807) is 18.2 Å². The van der Waals surface area contributed by atoms with Gasteiger partial charge in [0.05, 0.1) is 12.1 Å². The Labute approximate surface area is 156 Å². The zero-order valence-electron chi connectivity index (χ0n) is 12.8. The van der Waals surface area contributed by atoms with Crippen LogP contribution in [0.15, 0.2) is 46.9 Å². The van der Waals surface area contributed by atoms with Gasteiger partial charge in [0, 0.05) is 10.5 Å². The molecule has 25 heavy (non-hydrogen) atoms.